The lowest BCUT2D eigenvalue weighted by Gasteiger charge is -2.26. The van der Waals surface area contributed by atoms with Crippen LogP contribution in [0.25, 0.3) is 5.76 Å². The van der Waals surface area contributed by atoms with Crippen LogP contribution in [-0.2, 0) is 9.59 Å². The second-order valence-electron chi connectivity index (χ2n) is 9.14. The Balaban J connectivity index is 2.05. The number of nitrogens with zero attached hydrogens (tertiary/aromatic N) is 2. The van der Waals surface area contributed by atoms with Gasteiger partial charge in [0.15, 0.2) is 0 Å². The summed E-state index contributed by atoms with van der Waals surface area (Å²) in [7, 11) is 3.93. The summed E-state index contributed by atoms with van der Waals surface area (Å²) in [6, 6.07) is 11.9. The summed E-state index contributed by atoms with van der Waals surface area (Å²) < 4.78 is 11.3. The van der Waals surface area contributed by atoms with E-state index in [0.717, 1.165) is 24.1 Å². The quantitative estimate of drug-likeness (QED) is 0.200. The van der Waals surface area contributed by atoms with Crippen LogP contribution in [0.5, 0.6) is 11.5 Å². The minimum Gasteiger partial charge on any atom is -0.507 e. The Morgan fingerprint density at radius 2 is 1.81 bits per heavy atom. The molecule has 0 radical (unpaired) electrons. The van der Waals surface area contributed by atoms with E-state index in [4.69, 9.17) is 9.47 Å². The maximum absolute atomic E-state index is 13.3. The smallest absolute Gasteiger partial charge is 0.295 e. The zero-order valence-corrected chi connectivity index (χ0v) is 21.6. The van der Waals surface area contributed by atoms with Crippen LogP contribution in [0.3, 0.4) is 0 Å². The van der Waals surface area contributed by atoms with Gasteiger partial charge in [0.1, 0.15) is 23.9 Å². The van der Waals surface area contributed by atoms with Crippen LogP contribution in [0, 0.1) is 6.92 Å². The number of ether oxygens (including phenoxy) is 2. The minimum absolute atomic E-state index is 0.0925. The van der Waals surface area contributed by atoms with Gasteiger partial charge in [0.05, 0.1) is 18.2 Å². The fourth-order valence-corrected chi connectivity index (χ4v) is 4.27. The van der Waals surface area contributed by atoms with E-state index >= 15 is 0 Å². The summed E-state index contributed by atoms with van der Waals surface area (Å²) >= 11 is 0. The van der Waals surface area contributed by atoms with Gasteiger partial charge in [-0.3, -0.25) is 9.59 Å². The number of carbonyl (C=O) groups is 2. The van der Waals surface area contributed by atoms with Crippen molar-refractivity contribution in [3.05, 3.63) is 77.4 Å². The Kier molecular flexibility index (Phi) is 9.31. The number of hydrogen-bond acceptors (Lipinski definition) is 6. The maximum atomic E-state index is 13.3. The first-order valence-electron chi connectivity index (χ1n) is 12.3. The third-order valence-corrected chi connectivity index (χ3v) is 6.03. The maximum Gasteiger partial charge on any atom is 0.295 e. The molecule has 0 aliphatic carbocycles. The zero-order chi connectivity index (χ0) is 26.2. The van der Waals surface area contributed by atoms with Gasteiger partial charge in [-0.25, -0.2) is 0 Å². The Labute approximate surface area is 213 Å². The molecule has 0 bridgehead atoms. The van der Waals surface area contributed by atoms with Gasteiger partial charge in [-0.05, 0) is 81.9 Å². The summed E-state index contributed by atoms with van der Waals surface area (Å²) in [5, 5.41) is 11.4. The third kappa shape index (κ3) is 6.15. The number of aliphatic hydroxyl groups is 1. The average molecular weight is 493 g/mol. The number of benzene rings is 2. The number of rotatable bonds is 12. The molecule has 7 heteroatoms. The highest BCUT2D eigenvalue weighted by atomic mass is 16.5. The van der Waals surface area contributed by atoms with Crippen LogP contribution in [0.2, 0.25) is 0 Å². The monoisotopic (exact) mass is 492 g/mol. The molecule has 36 heavy (non-hydrogen) atoms. The van der Waals surface area contributed by atoms with Gasteiger partial charge in [0, 0.05) is 12.1 Å². The number of aliphatic hydroxyl groups excluding tert-OH is 1. The summed E-state index contributed by atoms with van der Waals surface area (Å²) in [4.78, 5) is 30.0. The standard InChI is InChI=1S/C29H36N2O5/c1-6-17-35-22-11-9-21(10-12-22)26-25(28(33)29(34)31(26)16-8-15-30(4)5)27(32)24-14-13-23(19-20(24)3)36-18-7-2/h6,9-14,19,26,32H,1,7-8,15-18H2,2-5H3/b27-25-. The number of likely N-dealkylation sites (tertiary alicyclic amines) is 1. The largest absolute Gasteiger partial charge is 0.507 e. The van der Waals surface area contributed by atoms with Gasteiger partial charge in [-0.15, -0.1) is 0 Å². The van der Waals surface area contributed by atoms with Crippen molar-refractivity contribution in [1.29, 1.82) is 0 Å². The molecular weight excluding hydrogens is 456 g/mol. The molecule has 0 spiro atoms. The van der Waals surface area contributed by atoms with Crippen molar-refractivity contribution in [2.45, 2.75) is 32.7 Å². The molecule has 0 saturated carbocycles. The first-order chi connectivity index (χ1) is 17.3. The van der Waals surface area contributed by atoms with Crippen LogP contribution >= 0.6 is 0 Å². The molecule has 1 aliphatic heterocycles. The summed E-state index contributed by atoms with van der Waals surface area (Å²) in [6.45, 7) is 9.66. The third-order valence-electron chi connectivity index (χ3n) is 6.03. The molecule has 1 fully saturated rings. The van der Waals surface area contributed by atoms with Crippen molar-refractivity contribution in [2.24, 2.45) is 0 Å². The molecule has 192 valence electrons. The number of amides is 1. The highest BCUT2D eigenvalue weighted by Crippen LogP contribution is 2.40. The number of Topliss-reactive ketones (excluding diaryl/α,β-unsaturated/α-hetero) is 1. The predicted octanol–water partition coefficient (Wildman–Crippen LogP) is 4.72. The van der Waals surface area contributed by atoms with E-state index in [-0.39, 0.29) is 11.3 Å². The summed E-state index contributed by atoms with van der Waals surface area (Å²) in [6.07, 6.45) is 3.24. The molecular formula is C29H36N2O5. The van der Waals surface area contributed by atoms with E-state index in [1.165, 1.54) is 0 Å². The first-order valence-corrected chi connectivity index (χ1v) is 12.3. The number of carbonyl (C=O) groups excluding carboxylic acids is 2. The van der Waals surface area contributed by atoms with Crippen molar-refractivity contribution in [3.63, 3.8) is 0 Å². The van der Waals surface area contributed by atoms with Crippen molar-refractivity contribution in [2.75, 3.05) is 40.4 Å². The molecule has 2 aromatic rings. The Hall–Kier alpha value is -3.58. The fourth-order valence-electron chi connectivity index (χ4n) is 4.27. The molecule has 7 nitrogen and oxygen atoms in total. The topological polar surface area (TPSA) is 79.3 Å². The Bertz CT molecular complexity index is 1120. The van der Waals surface area contributed by atoms with E-state index in [9.17, 15) is 14.7 Å². The molecule has 1 saturated heterocycles. The molecule has 1 N–H and O–H groups in total. The second-order valence-corrected chi connectivity index (χ2v) is 9.14. The zero-order valence-electron chi connectivity index (χ0n) is 21.6. The van der Waals surface area contributed by atoms with Crippen molar-refractivity contribution >= 4 is 17.4 Å². The first kappa shape index (κ1) is 27.0. The van der Waals surface area contributed by atoms with E-state index in [0.29, 0.717) is 43.2 Å². The van der Waals surface area contributed by atoms with Crippen LogP contribution in [0.4, 0.5) is 0 Å². The molecule has 1 atom stereocenters. The molecule has 1 unspecified atom stereocenters. The highest BCUT2D eigenvalue weighted by Gasteiger charge is 2.45. The van der Waals surface area contributed by atoms with Gasteiger partial charge >= 0.3 is 0 Å². The molecule has 0 aromatic heterocycles. The van der Waals surface area contributed by atoms with Gasteiger partial charge in [0.25, 0.3) is 11.7 Å². The van der Waals surface area contributed by atoms with Crippen LogP contribution in [-0.4, -0.2) is 67.0 Å². The number of ketones is 1. The molecule has 1 amide bonds. The molecule has 1 aliphatic rings. The lowest BCUT2D eigenvalue weighted by Crippen LogP contribution is -2.32. The molecule has 3 rings (SSSR count). The second kappa shape index (κ2) is 12.4. The van der Waals surface area contributed by atoms with Gasteiger partial charge in [-0.2, -0.15) is 0 Å². The van der Waals surface area contributed by atoms with Gasteiger partial charge < -0.3 is 24.4 Å². The predicted molar refractivity (Wildman–Crippen MR) is 141 cm³/mol. The van der Waals surface area contributed by atoms with Gasteiger partial charge in [0.2, 0.25) is 0 Å². The average Bonchev–Trinajstić information content (AvgIpc) is 3.11. The fraction of sp³-hybridized carbons (Fsp3) is 0.379. The number of hydrogen-bond donors (Lipinski definition) is 1. The van der Waals surface area contributed by atoms with Crippen LogP contribution < -0.4 is 9.47 Å². The lowest BCUT2D eigenvalue weighted by atomic mass is 9.93. The Morgan fingerprint density at radius 3 is 2.42 bits per heavy atom. The van der Waals surface area contributed by atoms with Crippen molar-refractivity contribution < 1.29 is 24.2 Å². The molecule has 1 heterocycles. The molecule has 2 aromatic carbocycles. The Morgan fingerprint density at radius 1 is 1.11 bits per heavy atom. The normalized spacial score (nSPS) is 17.0. The van der Waals surface area contributed by atoms with Crippen molar-refractivity contribution in [1.82, 2.24) is 9.80 Å². The number of aryl methyl sites for hydroxylation is 1. The lowest BCUT2D eigenvalue weighted by molar-refractivity contribution is -0.139. The highest BCUT2D eigenvalue weighted by molar-refractivity contribution is 6.46. The van der Waals surface area contributed by atoms with Gasteiger partial charge in [-0.1, -0.05) is 31.7 Å². The summed E-state index contributed by atoms with van der Waals surface area (Å²) in [5.74, 6) is -0.115. The van der Waals surface area contributed by atoms with E-state index in [1.807, 2.05) is 51.0 Å². The van der Waals surface area contributed by atoms with Crippen LogP contribution in [0.15, 0.2) is 60.7 Å². The minimum atomic E-state index is -0.698. The van der Waals surface area contributed by atoms with E-state index in [2.05, 4.69) is 6.58 Å². The van der Waals surface area contributed by atoms with Crippen LogP contribution in [0.1, 0.15) is 42.5 Å². The summed E-state index contributed by atoms with van der Waals surface area (Å²) in [5.41, 5.74) is 2.08. The van der Waals surface area contributed by atoms with Crippen molar-refractivity contribution in [3.8, 4) is 11.5 Å². The SMILES string of the molecule is C=CCOc1ccc(C2/C(=C(/O)c3ccc(OCCC)cc3C)C(=O)C(=O)N2CCCN(C)C)cc1. The van der Waals surface area contributed by atoms with E-state index in [1.54, 1.807) is 35.2 Å². The van der Waals surface area contributed by atoms with E-state index < -0.39 is 17.7 Å².